The molecule has 0 bridgehead atoms. The first-order chi connectivity index (χ1) is 24.9. The summed E-state index contributed by atoms with van der Waals surface area (Å²) in [7, 11) is -0.845. The van der Waals surface area contributed by atoms with Crippen LogP contribution in [0.25, 0.3) is 0 Å². The number of rotatable bonds is 9. The molecule has 14 nitrogen and oxygen atoms in total. The summed E-state index contributed by atoms with van der Waals surface area (Å²) in [5, 5.41) is 13.2. The molecule has 3 amide bonds. The number of aliphatic hydroxyl groups is 1. The monoisotopic (exact) mass is 740 g/mol. The molecule has 4 atom stereocenters. The molecule has 2 aliphatic heterocycles. The number of hydrogen-bond donors (Lipinski definition) is 3. The summed E-state index contributed by atoms with van der Waals surface area (Å²) in [6.45, 7) is 6.21. The summed E-state index contributed by atoms with van der Waals surface area (Å²) in [5.74, 6) is 1.23. The molecule has 2 heterocycles. The molecule has 0 saturated carbocycles. The van der Waals surface area contributed by atoms with E-state index in [1.165, 1.54) is 35.1 Å². The van der Waals surface area contributed by atoms with Crippen LogP contribution in [0.15, 0.2) is 65.6 Å². The third-order valence-electron chi connectivity index (χ3n) is 9.10. The normalized spacial score (nSPS) is 20.2. The van der Waals surface area contributed by atoms with Crippen LogP contribution in [0.2, 0.25) is 0 Å². The molecule has 0 unspecified atom stereocenters. The van der Waals surface area contributed by atoms with Crippen molar-refractivity contribution in [2.45, 2.75) is 63.2 Å². The van der Waals surface area contributed by atoms with E-state index < -0.39 is 28.1 Å². The van der Waals surface area contributed by atoms with Crippen molar-refractivity contribution in [1.82, 2.24) is 9.80 Å². The number of anilines is 2. The fraction of sp³-hybridized carbons (Fsp3) is 0.459. The lowest BCUT2D eigenvalue weighted by Gasteiger charge is -2.35. The van der Waals surface area contributed by atoms with Crippen LogP contribution in [0, 0.1) is 5.92 Å². The van der Waals surface area contributed by atoms with Gasteiger partial charge in [-0.3, -0.25) is 9.52 Å². The van der Waals surface area contributed by atoms with Gasteiger partial charge in [0.1, 0.15) is 11.5 Å². The Hall–Kier alpha value is -4.73. The number of methoxy groups -OCH3 is 1. The quantitative estimate of drug-likeness (QED) is 0.266. The minimum Gasteiger partial charge on any atom is -0.497 e. The second-order valence-corrected chi connectivity index (χ2v) is 14.9. The molecule has 52 heavy (non-hydrogen) atoms. The number of fused-ring (bicyclic) bond motifs is 2. The number of benzene rings is 3. The lowest BCUT2D eigenvalue weighted by atomic mass is 10.0. The summed E-state index contributed by atoms with van der Waals surface area (Å²) in [6.07, 6.45) is 1.49. The first kappa shape index (κ1) is 38.5. The van der Waals surface area contributed by atoms with Gasteiger partial charge in [0, 0.05) is 50.1 Å². The molecule has 3 aromatic carbocycles. The Kier molecular flexibility index (Phi) is 12.7. The summed E-state index contributed by atoms with van der Waals surface area (Å²) >= 11 is 0. The van der Waals surface area contributed by atoms with Gasteiger partial charge in [-0.2, -0.15) is 0 Å². The van der Waals surface area contributed by atoms with Crippen molar-refractivity contribution in [2.75, 3.05) is 57.3 Å². The molecule has 0 aliphatic carbocycles. The molecule has 0 saturated heterocycles. The summed E-state index contributed by atoms with van der Waals surface area (Å²) in [4.78, 5) is 30.8. The van der Waals surface area contributed by atoms with Crippen molar-refractivity contribution in [3.63, 3.8) is 0 Å². The van der Waals surface area contributed by atoms with Crippen LogP contribution < -0.4 is 29.0 Å². The minimum absolute atomic E-state index is 0.0227. The van der Waals surface area contributed by atoms with Crippen LogP contribution >= 0.6 is 0 Å². The number of likely N-dealkylation sites (N-methyl/N-ethyl adjacent to an activating group) is 1. The van der Waals surface area contributed by atoms with E-state index in [9.17, 15) is 23.1 Å². The van der Waals surface area contributed by atoms with Gasteiger partial charge >= 0.3 is 6.03 Å². The Morgan fingerprint density at radius 3 is 2.46 bits per heavy atom. The molecular weight excluding hydrogens is 692 g/mol. The Morgan fingerprint density at radius 1 is 1.02 bits per heavy atom. The van der Waals surface area contributed by atoms with Crippen molar-refractivity contribution in [3.05, 3.63) is 66.2 Å². The standard InChI is InChI=1S/C37H48N4O10S/c1-24-20-41(25(2)22-42)36(43)31-18-28(39-52(45,46)30-13-11-29(47-5)12-14-30)10-15-32(31)51-26(3)8-6-7-17-48-35(24)21-40(4)37(44)38-27-9-16-33-34(19-27)50-23-49-33/h9-16,18-19,24-26,35,39,42H,6-8,17,20-23H2,1-5H3,(H,38,44)/t24-,25+,26-,35+/m1/s1. The van der Waals surface area contributed by atoms with Gasteiger partial charge < -0.3 is 43.9 Å². The van der Waals surface area contributed by atoms with E-state index in [1.807, 2.05) is 13.8 Å². The highest BCUT2D eigenvalue weighted by Crippen LogP contribution is 2.34. The van der Waals surface area contributed by atoms with Crippen LogP contribution in [-0.2, 0) is 14.8 Å². The van der Waals surface area contributed by atoms with E-state index >= 15 is 0 Å². The van der Waals surface area contributed by atoms with E-state index in [0.717, 1.165) is 12.8 Å². The van der Waals surface area contributed by atoms with Crippen LogP contribution in [0.1, 0.15) is 50.4 Å². The van der Waals surface area contributed by atoms with Crippen LogP contribution in [0.5, 0.6) is 23.0 Å². The van der Waals surface area contributed by atoms with E-state index in [4.69, 9.17) is 23.7 Å². The Labute approximate surface area is 305 Å². The van der Waals surface area contributed by atoms with Crippen molar-refractivity contribution in [1.29, 1.82) is 0 Å². The highest BCUT2D eigenvalue weighted by molar-refractivity contribution is 7.92. The Bertz CT molecular complexity index is 1810. The average Bonchev–Trinajstić information content (AvgIpc) is 3.60. The maximum absolute atomic E-state index is 14.4. The van der Waals surface area contributed by atoms with Crippen LogP contribution in [0.4, 0.5) is 16.2 Å². The first-order valence-electron chi connectivity index (χ1n) is 17.3. The maximum Gasteiger partial charge on any atom is 0.321 e. The Balaban J connectivity index is 1.38. The van der Waals surface area contributed by atoms with Gasteiger partial charge in [-0.25, -0.2) is 13.2 Å². The number of ether oxygens (including phenoxy) is 5. The zero-order valence-electron chi connectivity index (χ0n) is 30.2. The Morgan fingerprint density at radius 2 is 1.73 bits per heavy atom. The molecule has 15 heteroatoms. The number of carbonyl (C=O) groups is 2. The van der Waals surface area contributed by atoms with Gasteiger partial charge in [0.2, 0.25) is 6.79 Å². The average molecular weight is 741 g/mol. The maximum atomic E-state index is 14.4. The molecule has 5 rings (SSSR count). The van der Waals surface area contributed by atoms with Crippen LogP contribution in [0.3, 0.4) is 0 Å². The molecule has 3 N–H and O–H groups in total. The number of hydrogen-bond acceptors (Lipinski definition) is 10. The highest BCUT2D eigenvalue weighted by Gasteiger charge is 2.31. The number of aliphatic hydroxyl groups excluding tert-OH is 1. The second-order valence-electron chi connectivity index (χ2n) is 13.2. The number of urea groups is 1. The third-order valence-corrected chi connectivity index (χ3v) is 10.5. The second kappa shape index (κ2) is 17.2. The molecule has 2 aliphatic rings. The molecule has 0 fully saturated rings. The fourth-order valence-corrected chi connectivity index (χ4v) is 7.01. The van der Waals surface area contributed by atoms with Gasteiger partial charge in [-0.15, -0.1) is 0 Å². The minimum atomic E-state index is -4.01. The first-order valence-corrected chi connectivity index (χ1v) is 18.8. The predicted molar refractivity (Wildman–Crippen MR) is 195 cm³/mol. The van der Waals surface area contributed by atoms with E-state index in [0.29, 0.717) is 41.7 Å². The van der Waals surface area contributed by atoms with Gasteiger partial charge in [-0.1, -0.05) is 6.92 Å². The van der Waals surface area contributed by atoms with Gasteiger partial charge in [0.15, 0.2) is 11.5 Å². The smallest absolute Gasteiger partial charge is 0.321 e. The summed E-state index contributed by atoms with van der Waals surface area (Å²) in [5.41, 5.74) is 0.862. The largest absolute Gasteiger partial charge is 0.497 e. The summed E-state index contributed by atoms with van der Waals surface area (Å²) in [6, 6.07) is 14.8. The molecule has 3 aromatic rings. The predicted octanol–water partition coefficient (Wildman–Crippen LogP) is 5.18. The lowest BCUT2D eigenvalue weighted by Crippen LogP contribution is -2.48. The zero-order chi connectivity index (χ0) is 37.4. The number of nitrogens with one attached hydrogen (secondary N) is 2. The number of amides is 3. The fourth-order valence-electron chi connectivity index (χ4n) is 5.96. The van der Waals surface area contributed by atoms with Crippen molar-refractivity contribution < 1.29 is 46.8 Å². The number of nitrogens with zero attached hydrogens (tertiary/aromatic N) is 2. The molecular formula is C37H48N4O10S. The van der Waals surface area contributed by atoms with E-state index in [1.54, 1.807) is 56.4 Å². The third kappa shape index (κ3) is 9.57. The van der Waals surface area contributed by atoms with Crippen molar-refractivity contribution in [2.24, 2.45) is 5.92 Å². The molecule has 282 valence electrons. The molecule has 0 aromatic heterocycles. The molecule has 0 spiro atoms. The van der Waals surface area contributed by atoms with Crippen molar-refractivity contribution >= 4 is 33.3 Å². The molecule has 0 radical (unpaired) electrons. The van der Waals surface area contributed by atoms with Gasteiger partial charge in [0.25, 0.3) is 15.9 Å². The van der Waals surface area contributed by atoms with Crippen molar-refractivity contribution in [3.8, 4) is 23.0 Å². The van der Waals surface area contributed by atoms with E-state index in [2.05, 4.69) is 10.0 Å². The lowest BCUT2D eigenvalue weighted by molar-refractivity contribution is -0.0115. The highest BCUT2D eigenvalue weighted by atomic mass is 32.2. The summed E-state index contributed by atoms with van der Waals surface area (Å²) < 4.78 is 57.7. The van der Waals surface area contributed by atoms with Gasteiger partial charge in [0.05, 0.1) is 42.4 Å². The van der Waals surface area contributed by atoms with Gasteiger partial charge in [-0.05, 0) is 87.7 Å². The topological polar surface area (TPSA) is 165 Å². The SMILES string of the molecule is COc1ccc(S(=O)(=O)Nc2ccc3c(c2)C(=O)N([C@@H](C)CO)C[C@@H](C)[C@H](CN(C)C(=O)Nc2ccc4c(c2)OCO4)OCCCC[C@@H](C)O3)cc1. The van der Waals surface area contributed by atoms with Crippen LogP contribution in [-0.4, -0.2) is 101 Å². The number of carbonyl (C=O) groups excluding carboxylic acids is 2. The number of sulfonamides is 1. The van der Waals surface area contributed by atoms with E-state index in [-0.39, 0.29) is 60.7 Å². The zero-order valence-corrected chi connectivity index (χ0v) is 31.0.